The lowest BCUT2D eigenvalue weighted by atomic mass is 10.1. The summed E-state index contributed by atoms with van der Waals surface area (Å²) in [5, 5.41) is 6.55. The smallest absolute Gasteiger partial charge is 0.218 e. The van der Waals surface area contributed by atoms with E-state index in [4.69, 9.17) is 9.47 Å². The van der Waals surface area contributed by atoms with Crippen LogP contribution in [0, 0.1) is 0 Å². The molecule has 1 aromatic heterocycles. The number of aromatic nitrogens is 2. The molecule has 1 aliphatic heterocycles. The fourth-order valence-electron chi connectivity index (χ4n) is 2.11. The first-order chi connectivity index (χ1) is 9.74. The third-order valence-electron chi connectivity index (χ3n) is 3.05. The van der Waals surface area contributed by atoms with E-state index in [1.54, 1.807) is 0 Å². The molecule has 1 aliphatic rings. The van der Waals surface area contributed by atoms with Crippen LogP contribution in [-0.2, 0) is 4.74 Å². The van der Waals surface area contributed by atoms with Crippen molar-refractivity contribution in [2.24, 2.45) is 0 Å². The normalized spacial score (nSPS) is 16.4. The quantitative estimate of drug-likeness (QED) is 0.737. The average molecular weight is 280 g/mol. The summed E-state index contributed by atoms with van der Waals surface area (Å²) >= 11 is 0. The minimum atomic E-state index is 0.112. The van der Waals surface area contributed by atoms with Gasteiger partial charge in [-0.15, -0.1) is 0 Å². The van der Waals surface area contributed by atoms with E-state index in [9.17, 15) is 0 Å². The van der Waals surface area contributed by atoms with Gasteiger partial charge in [-0.2, -0.15) is 0 Å². The molecule has 0 spiro atoms. The van der Waals surface area contributed by atoms with Gasteiger partial charge in [-0.05, 0) is 39.8 Å². The van der Waals surface area contributed by atoms with Gasteiger partial charge in [0.1, 0.15) is 12.1 Å². The summed E-state index contributed by atoms with van der Waals surface area (Å²) in [6.07, 6.45) is 4.21. The number of nitrogens with zero attached hydrogens (tertiary/aromatic N) is 2. The van der Waals surface area contributed by atoms with Crippen molar-refractivity contribution in [3.05, 3.63) is 12.4 Å². The highest BCUT2D eigenvalue weighted by atomic mass is 16.5. The van der Waals surface area contributed by atoms with Gasteiger partial charge in [0.05, 0.1) is 18.8 Å². The van der Waals surface area contributed by atoms with E-state index in [0.717, 1.165) is 38.3 Å². The van der Waals surface area contributed by atoms with Crippen LogP contribution in [0.1, 0.15) is 26.7 Å². The van der Waals surface area contributed by atoms with Crippen molar-refractivity contribution >= 4 is 5.82 Å². The van der Waals surface area contributed by atoms with Gasteiger partial charge in [0.15, 0.2) is 0 Å². The summed E-state index contributed by atoms with van der Waals surface area (Å²) in [6.45, 7) is 7.49. The fourth-order valence-corrected chi connectivity index (χ4v) is 2.11. The molecule has 2 N–H and O–H groups in total. The topological polar surface area (TPSA) is 68.3 Å². The maximum absolute atomic E-state index is 5.82. The first-order valence-corrected chi connectivity index (χ1v) is 7.29. The zero-order valence-electron chi connectivity index (χ0n) is 12.3. The van der Waals surface area contributed by atoms with Crippen LogP contribution in [0.5, 0.6) is 5.88 Å². The minimum absolute atomic E-state index is 0.112. The lowest BCUT2D eigenvalue weighted by Gasteiger charge is -2.23. The second-order valence-electron chi connectivity index (χ2n) is 5.16. The Hall–Kier alpha value is -1.40. The Morgan fingerprint density at radius 1 is 1.35 bits per heavy atom. The number of piperidine rings is 1. The highest BCUT2D eigenvalue weighted by Crippen LogP contribution is 2.12. The summed E-state index contributed by atoms with van der Waals surface area (Å²) in [5.74, 6) is 1.36. The van der Waals surface area contributed by atoms with E-state index in [0.29, 0.717) is 18.6 Å². The molecule has 0 radical (unpaired) electrons. The van der Waals surface area contributed by atoms with Crippen molar-refractivity contribution in [1.29, 1.82) is 0 Å². The molecule has 0 saturated carbocycles. The fraction of sp³-hybridized carbons (Fsp3) is 0.714. The van der Waals surface area contributed by atoms with Gasteiger partial charge in [0.25, 0.3) is 0 Å². The zero-order valence-corrected chi connectivity index (χ0v) is 12.3. The van der Waals surface area contributed by atoms with Crippen LogP contribution in [0.2, 0.25) is 0 Å². The summed E-state index contributed by atoms with van der Waals surface area (Å²) in [7, 11) is 0. The van der Waals surface area contributed by atoms with Crippen LogP contribution in [0.3, 0.4) is 0 Å². The van der Waals surface area contributed by atoms with Crippen molar-refractivity contribution in [3.63, 3.8) is 0 Å². The first-order valence-electron chi connectivity index (χ1n) is 7.29. The van der Waals surface area contributed by atoms with Crippen molar-refractivity contribution in [1.82, 2.24) is 15.3 Å². The van der Waals surface area contributed by atoms with Gasteiger partial charge in [0.2, 0.25) is 5.88 Å². The molecular weight excluding hydrogens is 256 g/mol. The Labute approximate surface area is 120 Å². The molecule has 1 fully saturated rings. The van der Waals surface area contributed by atoms with Crippen LogP contribution in [0.25, 0.3) is 0 Å². The van der Waals surface area contributed by atoms with Crippen molar-refractivity contribution in [2.75, 3.05) is 31.6 Å². The summed E-state index contributed by atoms with van der Waals surface area (Å²) in [5.41, 5.74) is 0. The molecule has 0 amide bonds. The van der Waals surface area contributed by atoms with E-state index >= 15 is 0 Å². The van der Waals surface area contributed by atoms with Crippen LogP contribution in [-0.4, -0.2) is 48.4 Å². The molecule has 0 atom stereocenters. The van der Waals surface area contributed by atoms with E-state index in [1.807, 2.05) is 19.9 Å². The molecule has 1 saturated heterocycles. The minimum Gasteiger partial charge on any atom is -0.475 e. The molecule has 0 aromatic carbocycles. The Balaban J connectivity index is 1.68. The van der Waals surface area contributed by atoms with Crippen molar-refractivity contribution in [2.45, 2.75) is 38.9 Å². The number of hydrogen-bond acceptors (Lipinski definition) is 6. The number of ether oxygens (including phenoxy) is 2. The van der Waals surface area contributed by atoms with Crippen LogP contribution in [0.4, 0.5) is 5.82 Å². The Kier molecular flexibility index (Phi) is 6.01. The standard InChI is InChI=1S/C14H24N4O2/c1-11(2)20-14-9-13(17-10-18-14)16-7-8-19-12-3-5-15-6-4-12/h9-12,15H,3-8H2,1-2H3,(H,16,17,18). The van der Waals surface area contributed by atoms with E-state index < -0.39 is 0 Å². The molecule has 6 heteroatoms. The molecule has 2 heterocycles. The van der Waals surface area contributed by atoms with Gasteiger partial charge in [-0.25, -0.2) is 9.97 Å². The zero-order chi connectivity index (χ0) is 14.2. The number of rotatable bonds is 7. The Morgan fingerprint density at radius 3 is 2.90 bits per heavy atom. The van der Waals surface area contributed by atoms with Crippen LogP contribution < -0.4 is 15.4 Å². The molecule has 20 heavy (non-hydrogen) atoms. The maximum Gasteiger partial charge on any atom is 0.218 e. The molecule has 2 rings (SSSR count). The monoisotopic (exact) mass is 280 g/mol. The third kappa shape index (κ3) is 5.30. The Bertz CT molecular complexity index is 395. The maximum atomic E-state index is 5.82. The molecule has 0 unspecified atom stereocenters. The molecule has 0 aliphatic carbocycles. The first kappa shape index (κ1) is 15.0. The molecule has 1 aromatic rings. The number of anilines is 1. The average Bonchev–Trinajstić information content (AvgIpc) is 2.44. The summed E-state index contributed by atoms with van der Waals surface area (Å²) < 4.78 is 11.3. The third-order valence-corrected chi connectivity index (χ3v) is 3.05. The van der Waals surface area contributed by atoms with Gasteiger partial charge >= 0.3 is 0 Å². The van der Waals surface area contributed by atoms with Crippen molar-refractivity contribution < 1.29 is 9.47 Å². The molecule has 6 nitrogen and oxygen atoms in total. The SMILES string of the molecule is CC(C)Oc1cc(NCCOC2CCNCC2)ncn1. The highest BCUT2D eigenvalue weighted by Gasteiger charge is 2.12. The number of hydrogen-bond donors (Lipinski definition) is 2. The van der Waals surface area contributed by atoms with Gasteiger partial charge in [0, 0.05) is 12.6 Å². The van der Waals surface area contributed by atoms with Gasteiger partial charge in [-0.3, -0.25) is 0 Å². The van der Waals surface area contributed by atoms with E-state index in [-0.39, 0.29) is 6.10 Å². The largest absolute Gasteiger partial charge is 0.475 e. The predicted octanol–water partition coefficient (Wildman–Crippen LogP) is 1.44. The summed E-state index contributed by atoms with van der Waals surface area (Å²) in [6, 6.07) is 1.81. The van der Waals surface area contributed by atoms with E-state index in [1.165, 1.54) is 6.33 Å². The van der Waals surface area contributed by atoms with E-state index in [2.05, 4.69) is 20.6 Å². The van der Waals surface area contributed by atoms with Crippen LogP contribution in [0.15, 0.2) is 12.4 Å². The predicted molar refractivity (Wildman–Crippen MR) is 78.1 cm³/mol. The summed E-state index contributed by atoms with van der Waals surface area (Å²) in [4.78, 5) is 8.23. The highest BCUT2D eigenvalue weighted by molar-refractivity contribution is 5.36. The second kappa shape index (κ2) is 8.01. The lowest BCUT2D eigenvalue weighted by molar-refractivity contribution is 0.0394. The molecule has 112 valence electrons. The van der Waals surface area contributed by atoms with Crippen LogP contribution >= 0.6 is 0 Å². The molecule has 0 bridgehead atoms. The van der Waals surface area contributed by atoms with Gasteiger partial charge in [-0.1, -0.05) is 0 Å². The van der Waals surface area contributed by atoms with Gasteiger partial charge < -0.3 is 20.1 Å². The lowest BCUT2D eigenvalue weighted by Crippen LogP contribution is -2.33. The molecular formula is C14H24N4O2. The number of nitrogens with one attached hydrogen (secondary N) is 2. The Morgan fingerprint density at radius 2 is 2.15 bits per heavy atom. The van der Waals surface area contributed by atoms with Crippen molar-refractivity contribution in [3.8, 4) is 5.88 Å². The second-order valence-corrected chi connectivity index (χ2v) is 5.16.